The smallest absolute Gasteiger partial charge is 0.212 e. The Morgan fingerprint density at radius 2 is 1.83 bits per heavy atom. The molecule has 0 saturated carbocycles. The molecule has 116 valence electrons. The van der Waals surface area contributed by atoms with Crippen LogP contribution in [0.1, 0.15) is 16.7 Å². The summed E-state index contributed by atoms with van der Waals surface area (Å²) in [6.45, 7) is 4.03. The molecule has 4 rings (SSSR count). The molecular formula is C21H17N2O+. The first-order chi connectivity index (χ1) is 11.6. The van der Waals surface area contributed by atoms with Crippen LogP contribution in [0.5, 0.6) is 0 Å². The molecule has 0 spiro atoms. The van der Waals surface area contributed by atoms with Crippen LogP contribution in [-0.2, 0) is 7.05 Å². The van der Waals surface area contributed by atoms with Gasteiger partial charge in [-0.1, -0.05) is 12.1 Å². The minimum atomic E-state index is 0.619. The fourth-order valence-corrected chi connectivity index (χ4v) is 3.30. The molecule has 2 heterocycles. The summed E-state index contributed by atoms with van der Waals surface area (Å²) in [5.41, 5.74) is 6.54. The SMILES string of the molecule is Cc1cc2oc3c(C#N)c(C)ccc3c2cc1-c1cccc[n+]1C. The number of aromatic nitrogens is 1. The van der Waals surface area contributed by atoms with Crippen molar-refractivity contribution >= 4 is 21.9 Å². The highest BCUT2D eigenvalue weighted by Crippen LogP contribution is 2.35. The van der Waals surface area contributed by atoms with Gasteiger partial charge in [-0.2, -0.15) is 5.26 Å². The van der Waals surface area contributed by atoms with E-state index in [0.29, 0.717) is 11.1 Å². The molecule has 3 nitrogen and oxygen atoms in total. The Morgan fingerprint density at radius 3 is 2.58 bits per heavy atom. The van der Waals surface area contributed by atoms with Gasteiger partial charge in [-0.05, 0) is 43.2 Å². The summed E-state index contributed by atoms with van der Waals surface area (Å²) in [6.07, 6.45) is 2.05. The molecule has 0 unspecified atom stereocenters. The van der Waals surface area contributed by atoms with Crippen molar-refractivity contribution in [2.45, 2.75) is 13.8 Å². The Bertz CT molecular complexity index is 1150. The predicted molar refractivity (Wildman–Crippen MR) is 94.5 cm³/mol. The third-order valence-electron chi connectivity index (χ3n) is 4.64. The standard InChI is InChI=1S/C21H17N2O/c1-13-7-8-15-17-11-16(19-6-4-5-9-23(19)3)14(2)10-20(17)24-21(15)18(13)12-22/h4-11H,1-3H3/q+1. The van der Waals surface area contributed by atoms with Crippen molar-refractivity contribution in [1.29, 1.82) is 5.26 Å². The second-order valence-electron chi connectivity index (χ2n) is 6.21. The minimum absolute atomic E-state index is 0.619. The molecule has 2 aromatic heterocycles. The first kappa shape index (κ1) is 14.5. The summed E-state index contributed by atoms with van der Waals surface area (Å²) in [6, 6.07) is 16.7. The molecule has 0 radical (unpaired) electrons. The van der Waals surface area contributed by atoms with Gasteiger partial charge < -0.3 is 4.42 Å². The van der Waals surface area contributed by atoms with Crippen molar-refractivity contribution in [3.05, 3.63) is 65.4 Å². The average Bonchev–Trinajstić information content (AvgIpc) is 2.92. The zero-order valence-electron chi connectivity index (χ0n) is 13.9. The third kappa shape index (κ3) is 2.00. The van der Waals surface area contributed by atoms with Gasteiger partial charge in [0, 0.05) is 28.5 Å². The first-order valence-corrected chi connectivity index (χ1v) is 7.91. The highest BCUT2D eigenvalue weighted by molar-refractivity contribution is 6.08. The molecule has 0 aliphatic rings. The van der Waals surface area contributed by atoms with Gasteiger partial charge in [-0.15, -0.1) is 0 Å². The molecule has 0 N–H and O–H groups in total. The van der Waals surface area contributed by atoms with Gasteiger partial charge in [0.15, 0.2) is 11.8 Å². The maximum absolute atomic E-state index is 9.45. The quantitative estimate of drug-likeness (QED) is 0.483. The Kier molecular flexibility index (Phi) is 3.14. The molecule has 24 heavy (non-hydrogen) atoms. The second-order valence-corrected chi connectivity index (χ2v) is 6.21. The zero-order valence-corrected chi connectivity index (χ0v) is 13.9. The predicted octanol–water partition coefficient (Wildman–Crippen LogP) is 4.57. The molecule has 0 aliphatic heterocycles. The van der Waals surface area contributed by atoms with Crippen LogP contribution in [0.3, 0.4) is 0 Å². The largest absolute Gasteiger partial charge is 0.455 e. The number of fused-ring (bicyclic) bond motifs is 3. The Balaban J connectivity index is 2.10. The fraction of sp³-hybridized carbons (Fsp3) is 0.143. The van der Waals surface area contributed by atoms with Gasteiger partial charge in [-0.25, -0.2) is 4.57 Å². The summed E-state index contributed by atoms with van der Waals surface area (Å²) in [5, 5.41) is 11.5. The highest BCUT2D eigenvalue weighted by Gasteiger charge is 2.17. The minimum Gasteiger partial charge on any atom is -0.455 e. The Morgan fingerprint density at radius 1 is 1.00 bits per heavy atom. The maximum Gasteiger partial charge on any atom is 0.212 e. The molecule has 0 fully saturated rings. The number of nitriles is 1. The number of pyridine rings is 1. The number of hydrogen-bond acceptors (Lipinski definition) is 2. The molecule has 4 aromatic rings. The molecular weight excluding hydrogens is 296 g/mol. The average molecular weight is 313 g/mol. The van der Waals surface area contributed by atoms with Crippen LogP contribution in [0.2, 0.25) is 0 Å². The van der Waals surface area contributed by atoms with Crippen molar-refractivity contribution in [2.24, 2.45) is 7.05 Å². The van der Waals surface area contributed by atoms with Gasteiger partial charge in [0.05, 0.1) is 5.56 Å². The third-order valence-corrected chi connectivity index (χ3v) is 4.64. The molecule has 3 heteroatoms. The van der Waals surface area contributed by atoms with Crippen LogP contribution in [0.4, 0.5) is 0 Å². The summed E-state index contributed by atoms with van der Waals surface area (Å²) in [7, 11) is 2.05. The van der Waals surface area contributed by atoms with Gasteiger partial charge in [0.1, 0.15) is 18.7 Å². The van der Waals surface area contributed by atoms with E-state index in [4.69, 9.17) is 4.42 Å². The topological polar surface area (TPSA) is 40.8 Å². The Hall–Kier alpha value is -3.12. The van der Waals surface area contributed by atoms with Gasteiger partial charge in [0.2, 0.25) is 5.69 Å². The van der Waals surface area contributed by atoms with E-state index in [0.717, 1.165) is 33.2 Å². The molecule has 0 aliphatic carbocycles. The molecule has 0 amide bonds. The maximum atomic E-state index is 9.45. The van der Waals surface area contributed by atoms with Crippen LogP contribution in [0.25, 0.3) is 33.2 Å². The molecule has 0 bridgehead atoms. The summed E-state index contributed by atoms with van der Waals surface area (Å²) in [5.74, 6) is 0. The molecule has 0 saturated heterocycles. The molecule has 0 atom stereocenters. The number of nitrogens with zero attached hydrogens (tertiary/aromatic N) is 2. The van der Waals surface area contributed by atoms with Gasteiger partial charge >= 0.3 is 0 Å². The summed E-state index contributed by atoms with van der Waals surface area (Å²) < 4.78 is 8.14. The molecule has 2 aromatic carbocycles. The lowest BCUT2D eigenvalue weighted by atomic mass is 9.99. The van der Waals surface area contributed by atoms with E-state index in [2.05, 4.69) is 35.8 Å². The first-order valence-electron chi connectivity index (χ1n) is 7.91. The summed E-state index contributed by atoms with van der Waals surface area (Å²) >= 11 is 0. The highest BCUT2D eigenvalue weighted by atomic mass is 16.3. The van der Waals surface area contributed by atoms with E-state index in [1.807, 2.05) is 44.4 Å². The van der Waals surface area contributed by atoms with Crippen LogP contribution < -0.4 is 4.57 Å². The lowest BCUT2D eigenvalue weighted by Crippen LogP contribution is -2.30. The van der Waals surface area contributed by atoms with Gasteiger partial charge in [-0.3, -0.25) is 0 Å². The van der Waals surface area contributed by atoms with E-state index in [-0.39, 0.29) is 0 Å². The van der Waals surface area contributed by atoms with E-state index in [9.17, 15) is 5.26 Å². The van der Waals surface area contributed by atoms with Crippen LogP contribution in [0.15, 0.2) is 53.1 Å². The number of aryl methyl sites for hydroxylation is 3. The fourth-order valence-electron chi connectivity index (χ4n) is 3.30. The van der Waals surface area contributed by atoms with Crippen LogP contribution in [-0.4, -0.2) is 0 Å². The lowest BCUT2D eigenvalue weighted by Gasteiger charge is -2.04. The lowest BCUT2D eigenvalue weighted by molar-refractivity contribution is -0.660. The number of rotatable bonds is 1. The normalized spacial score (nSPS) is 11.1. The van der Waals surface area contributed by atoms with Crippen LogP contribution >= 0.6 is 0 Å². The van der Waals surface area contributed by atoms with E-state index in [1.165, 1.54) is 5.56 Å². The van der Waals surface area contributed by atoms with Crippen molar-refractivity contribution < 1.29 is 8.98 Å². The zero-order chi connectivity index (χ0) is 16.8. The van der Waals surface area contributed by atoms with E-state index in [1.54, 1.807) is 0 Å². The van der Waals surface area contributed by atoms with Gasteiger partial charge in [0.25, 0.3) is 0 Å². The monoisotopic (exact) mass is 313 g/mol. The Labute approximate surface area is 140 Å². The van der Waals surface area contributed by atoms with Crippen molar-refractivity contribution in [3.8, 4) is 17.3 Å². The van der Waals surface area contributed by atoms with Crippen molar-refractivity contribution in [1.82, 2.24) is 0 Å². The van der Waals surface area contributed by atoms with Crippen LogP contribution in [0, 0.1) is 25.2 Å². The van der Waals surface area contributed by atoms with E-state index < -0.39 is 0 Å². The number of benzene rings is 2. The van der Waals surface area contributed by atoms with Crippen molar-refractivity contribution in [3.63, 3.8) is 0 Å². The van der Waals surface area contributed by atoms with Crippen molar-refractivity contribution in [2.75, 3.05) is 0 Å². The second kappa shape index (κ2) is 5.21. The number of furan rings is 1. The number of hydrogen-bond donors (Lipinski definition) is 0. The summed E-state index contributed by atoms with van der Waals surface area (Å²) in [4.78, 5) is 0. The van der Waals surface area contributed by atoms with E-state index >= 15 is 0 Å².